The first kappa shape index (κ1) is 12.5. The first-order chi connectivity index (χ1) is 8.02. The predicted octanol–water partition coefficient (Wildman–Crippen LogP) is 2.05. The number of ether oxygens (including phenoxy) is 2. The molecule has 0 saturated heterocycles. The standard InChI is InChI=1S/C11H13ClO4S/c1-2-17(13,14)7-8-5-9(12)11-10(6-8)15-3-4-16-11/h5-6H,2-4,7H2,1H3. The van der Waals surface area contributed by atoms with Gasteiger partial charge in [0.15, 0.2) is 21.3 Å². The number of rotatable bonds is 3. The van der Waals surface area contributed by atoms with Crippen LogP contribution in [0.4, 0.5) is 0 Å². The maximum absolute atomic E-state index is 11.5. The molecule has 4 nitrogen and oxygen atoms in total. The van der Waals surface area contributed by atoms with Crippen LogP contribution in [0.15, 0.2) is 12.1 Å². The van der Waals surface area contributed by atoms with Crippen molar-refractivity contribution in [3.8, 4) is 11.5 Å². The lowest BCUT2D eigenvalue weighted by molar-refractivity contribution is 0.171. The summed E-state index contributed by atoms with van der Waals surface area (Å²) in [5.74, 6) is 1.10. The topological polar surface area (TPSA) is 52.6 Å². The third kappa shape index (κ3) is 2.84. The highest BCUT2D eigenvalue weighted by atomic mass is 35.5. The maximum Gasteiger partial charge on any atom is 0.179 e. The minimum absolute atomic E-state index is 0.0279. The third-order valence-electron chi connectivity index (χ3n) is 2.48. The van der Waals surface area contributed by atoms with Crippen LogP contribution in [0.1, 0.15) is 12.5 Å². The number of hydrogen-bond acceptors (Lipinski definition) is 4. The zero-order chi connectivity index (χ0) is 12.5. The molecular weight excluding hydrogens is 264 g/mol. The van der Waals surface area contributed by atoms with Crippen molar-refractivity contribution >= 4 is 21.4 Å². The molecule has 1 aromatic carbocycles. The highest BCUT2D eigenvalue weighted by molar-refractivity contribution is 7.90. The number of sulfone groups is 1. The summed E-state index contributed by atoms with van der Waals surface area (Å²) in [6.45, 7) is 2.53. The molecule has 1 aromatic rings. The summed E-state index contributed by atoms with van der Waals surface area (Å²) in [4.78, 5) is 0. The van der Waals surface area contributed by atoms with Crippen LogP contribution in [-0.4, -0.2) is 27.4 Å². The summed E-state index contributed by atoms with van der Waals surface area (Å²) < 4.78 is 33.8. The zero-order valence-electron chi connectivity index (χ0n) is 9.40. The van der Waals surface area contributed by atoms with Gasteiger partial charge in [-0.25, -0.2) is 8.42 Å². The van der Waals surface area contributed by atoms with E-state index in [4.69, 9.17) is 21.1 Å². The summed E-state index contributed by atoms with van der Waals surface area (Å²) in [5.41, 5.74) is 0.626. The molecule has 0 aliphatic carbocycles. The molecule has 0 spiro atoms. The Bertz CT molecular complexity index is 525. The first-order valence-electron chi connectivity index (χ1n) is 5.30. The summed E-state index contributed by atoms with van der Waals surface area (Å²) >= 11 is 6.02. The molecule has 94 valence electrons. The van der Waals surface area contributed by atoms with Gasteiger partial charge >= 0.3 is 0 Å². The third-order valence-corrected chi connectivity index (χ3v) is 4.42. The van der Waals surface area contributed by atoms with Crippen molar-refractivity contribution in [3.05, 3.63) is 22.7 Å². The van der Waals surface area contributed by atoms with Crippen molar-refractivity contribution in [2.45, 2.75) is 12.7 Å². The Balaban J connectivity index is 2.34. The molecule has 0 fully saturated rings. The molecule has 6 heteroatoms. The van der Waals surface area contributed by atoms with Crippen LogP contribution < -0.4 is 9.47 Å². The second-order valence-corrected chi connectivity index (χ2v) is 6.54. The molecule has 1 aliphatic heterocycles. The Hall–Kier alpha value is -0.940. The van der Waals surface area contributed by atoms with Crippen LogP contribution in [0.2, 0.25) is 5.02 Å². The van der Waals surface area contributed by atoms with Gasteiger partial charge in [-0.2, -0.15) is 0 Å². The Labute approximate surface area is 105 Å². The second kappa shape index (κ2) is 4.74. The lowest BCUT2D eigenvalue weighted by Crippen LogP contribution is -2.16. The van der Waals surface area contributed by atoms with E-state index in [1.807, 2.05) is 0 Å². The minimum atomic E-state index is -3.07. The van der Waals surface area contributed by atoms with Gasteiger partial charge in [0.25, 0.3) is 0 Å². The molecule has 0 aromatic heterocycles. The first-order valence-corrected chi connectivity index (χ1v) is 7.50. The van der Waals surface area contributed by atoms with Gasteiger partial charge in [0.1, 0.15) is 13.2 Å². The Morgan fingerprint density at radius 3 is 2.71 bits per heavy atom. The number of fused-ring (bicyclic) bond motifs is 1. The molecule has 0 N–H and O–H groups in total. The van der Waals surface area contributed by atoms with Gasteiger partial charge in [-0.3, -0.25) is 0 Å². The number of benzene rings is 1. The smallest absolute Gasteiger partial charge is 0.179 e. The van der Waals surface area contributed by atoms with E-state index in [9.17, 15) is 8.42 Å². The molecule has 17 heavy (non-hydrogen) atoms. The fourth-order valence-electron chi connectivity index (χ4n) is 1.60. The van der Waals surface area contributed by atoms with Gasteiger partial charge < -0.3 is 9.47 Å². The zero-order valence-corrected chi connectivity index (χ0v) is 11.0. The van der Waals surface area contributed by atoms with Gasteiger partial charge in [-0.1, -0.05) is 18.5 Å². The van der Waals surface area contributed by atoms with Crippen LogP contribution >= 0.6 is 11.6 Å². The molecule has 0 radical (unpaired) electrons. The molecule has 0 amide bonds. The van der Waals surface area contributed by atoms with Crippen LogP contribution in [0.25, 0.3) is 0 Å². The predicted molar refractivity (Wildman–Crippen MR) is 65.6 cm³/mol. The molecule has 0 atom stereocenters. The van der Waals surface area contributed by atoms with E-state index >= 15 is 0 Å². The fraction of sp³-hybridized carbons (Fsp3) is 0.455. The highest BCUT2D eigenvalue weighted by Crippen LogP contribution is 2.38. The molecule has 2 rings (SSSR count). The molecule has 0 bridgehead atoms. The largest absolute Gasteiger partial charge is 0.486 e. The lowest BCUT2D eigenvalue weighted by Gasteiger charge is -2.20. The van der Waals surface area contributed by atoms with Crippen molar-refractivity contribution < 1.29 is 17.9 Å². The average molecular weight is 277 g/mol. The van der Waals surface area contributed by atoms with Crippen molar-refractivity contribution in [2.24, 2.45) is 0 Å². The molecule has 0 unspecified atom stereocenters. The Morgan fingerprint density at radius 2 is 2.00 bits per heavy atom. The van der Waals surface area contributed by atoms with Crippen LogP contribution in [0.3, 0.4) is 0 Å². The Morgan fingerprint density at radius 1 is 1.29 bits per heavy atom. The highest BCUT2D eigenvalue weighted by Gasteiger charge is 2.18. The molecule has 1 heterocycles. The monoisotopic (exact) mass is 276 g/mol. The average Bonchev–Trinajstić information content (AvgIpc) is 2.28. The van der Waals surface area contributed by atoms with E-state index in [-0.39, 0.29) is 11.5 Å². The van der Waals surface area contributed by atoms with Crippen molar-refractivity contribution in [1.29, 1.82) is 0 Å². The van der Waals surface area contributed by atoms with Gasteiger partial charge in [0.05, 0.1) is 10.8 Å². The van der Waals surface area contributed by atoms with Crippen LogP contribution in [0.5, 0.6) is 11.5 Å². The van der Waals surface area contributed by atoms with Gasteiger partial charge in [0, 0.05) is 5.75 Å². The van der Waals surface area contributed by atoms with Gasteiger partial charge in [-0.15, -0.1) is 0 Å². The fourth-order valence-corrected chi connectivity index (χ4v) is 2.77. The van der Waals surface area contributed by atoms with E-state index in [1.54, 1.807) is 19.1 Å². The lowest BCUT2D eigenvalue weighted by atomic mass is 10.2. The van der Waals surface area contributed by atoms with Crippen molar-refractivity contribution in [1.82, 2.24) is 0 Å². The van der Waals surface area contributed by atoms with E-state index in [0.717, 1.165) is 0 Å². The number of halogens is 1. The molecule has 0 saturated carbocycles. The molecule has 1 aliphatic rings. The van der Waals surface area contributed by atoms with Gasteiger partial charge in [0.2, 0.25) is 0 Å². The van der Waals surface area contributed by atoms with Gasteiger partial charge in [-0.05, 0) is 17.7 Å². The second-order valence-electron chi connectivity index (χ2n) is 3.78. The van der Waals surface area contributed by atoms with E-state index < -0.39 is 9.84 Å². The number of hydrogen-bond donors (Lipinski definition) is 0. The molecular formula is C11H13ClO4S. The van der Waals surface area contributed by atoms with Crippen LogP contribution in [0, 0.1) is 0 Å². The summed E-state index contributed by atoms with van der Waals surface area (Å²) in [5, 5.41) is 0.392. The van der Waals surface area contributed by atoms with E-state index in [2.05, 4.69) is 0 Å². The minimum Gasteiger partial charge on any atom is -0.486 e. The van der Waals surface area contributed by atoms with Crippen molar-refractivity contribution in [3.63, 3.8) is 0 Å². The van der Waals surface area contributed by atoms with Crippen molar-refractivity contribution in [2.75, 3.05) is 19.0 Å². The summed E-state index contributed by atoms with van der Waals surface area (Å²) in [7, 11) is -3.07. The van der Waals surface area contributed by atoms with E-state index in [1.165, 1.54) is 0 Å². The Kier molecular flexibility index (Phi) is 3.49. The SMILES string of the molecule is CCS(=O)(=O)Cc1cc(Cl)c2c(c1)OCCO2. The normalized spacial score (nSPS) is 14.7. The van der Waals surface area contributed by atoms with Crippen LogP contribution in [-0.2, 0) is 15.6 Å². The summed E-state index contributed by atoms with van der Waals surface area (Å²) in [6, 6.07) is 3.29. The quantitative estimate of drug-likeness (QED) is 0.848. The summed E-state index contributed by atoms with van der Waals surface area (Å²) in [6.07, 6.45) is 0. The van der Waals surface area contributed by atoms with E-state index in [0.29, 0.717) is 35.3 Å². The maximum atomic E-state index is 11.5.